The summed E-state index contributed by atoms with van der Waals surface area (Å²) < 4.78 is 11.0. The van der Waals surface area contributed by atoms with Crippen molar-refractivity contribution in [1.82, 2.24) is 9.88 Å². The number of carbonyl (C=O) groups excluding carboxylic acids is 1. The normalized spacial score (nSPS) is 18.1. The molecule has 1 atom stereocenters. The molecule has 0 aromatic carbocycles. The predicted molar refractivity (Wildman–Crippen MR) is 80.2 cm³/mol. The Bertz CT molecular complexity index is 525. The molecule has 1 aliphatic rings. The van der Waals surface area contributed by atoms with E-state index in [0.717, 1.165) is 12.1 Å². The molecular formula is C15H23N3O3. The van der Waals surface area contributed by atoms with Gasteiger partial charge in [0, 0.05) is 12.6 Å². The number of likely N-dealkylation sites (tertiary alicyclic amines) is 1. The predicted octanol–water partition coefficient (Wildman–Crippen LogP) is 2.36. The lowest BCUT2D eigenvalue weighted by molar-refractivity contribution is -0.0141. The molecule has 0 bridgehead atoms. The van der Waals surface area contributed by atoms with Crippen LogP contribution in [-0.2, 0) is 4.74 Å². The third kappa shape index (κ3) is 4.00. The number of hydrogen-bond acceptors (Lipinski definition) is 5. The zero-order valence-corrected chi connectivity index (χ0v) is 13.0. The van der Waals surface area contributed by atoms with E-state index in [1.54, 1.807) is 17.2 Å². The van der Waals surface area contributed by atoms with Crippen molar-refractivity contribution in [3.05, 3.63) is 18.0 Å². The van der Waals surface area contributed by atoms with Crippen LogP contribution in [-0.4, -0.2) is 40.8 Å². The van der Waals surface area contributed by atoms with Crippen LogP contribution in [0.1, 0.15) is 32.9 Å². The van der Waals surface area contributed by atoms with E-state index in [9.17, 15) is 4.79 Å². The second-order valence-electron chi connectivity index (χ2n) is 6.27. The standard InChI is InChI=1S/C15H23N3O3/c1-10-13(16)7-12(8-17-10)20-9-11-5-6-18(11)14(19)21-15(2,3)4/h7-8,11H,5-6,9,16H2,1-4H3/t11-/m0/s1. The van der Waals surface area contributed by atoms with Crippen LogP contribution in [0, 0.1) is 6.92 Å². The van der Waals surface area contributed by atoms with Crippen molar-refractivity contribution in [2.45, 2.75) is 45.8 Å². The van der Waals surface area contributed by atoms with Crippen LogP contribution in [0.3, 0.4) is 0 Å². The number of nitrogen functional groups attached to an aromatic ring is 1. The largest absolute Gasteiger partial charge is 0.490 e. The van der Waals surface area contributed by atoms with Gasteiger partial charge in [0.2, 0.25) is 0 Å². The highest BCUT2D eigenvalue weighted by Crippen LogP contribution is 2.23. The molecule has 6 heteroatoms. The minimum atomic E-state index is -0.479. The molecule has 2 rings (SSSR count). The van der Waals surface area contributed by atoms with Gasteiger partial charge in [0.15, 0.2) is 0 Å². The van der Waals surface area contributed by atoms with Gasteiger partial charge in [-0.1, -0.05) is 0 Å². The first-order valence-corrected chi connectivity index (χ1v) is 7.11. The fourth-order valence-corrected chi connectivity index (χ4v) is 1.98. The van der Waals surface area contributed by atoms with Gasteiger partial charge >= 0.3 is 6.09 Å². The number of ether oxygens (including phenoxy) is 2. The number of nitrogens with two attached hydrogens (primary N) is 1. The summed E-state index contributed by atoms with van der Waals surface area (Å²) in [6.45, 7) is 8.54. The molecule has 0 aliphatic carbocycles. The summed E-state index contributed by atoms with van der Waals surface area (Å²) in [4.78, 5) is 17.8. The van der Waals surface area contributed by atoms with Gasteiger partial charge in [0.1, 0.15) is 18.0 Å². The summed E-state index contributed by atoms with van der Waals surface area (Å²) in [6, 6.07) is 1.79. The number of rotatable bonds is 3. The van der Waals surface area contributed by atoms with Crippen molar-refractivity contribution >= 4 is 11.8 Å². The summed E-state index contributed by atoms with van der Waals surface area (Å²) >= 11 is 0. The molecule has 1 saturated heterocycles. The molecule has 1 aromatic rings. The number of aryl methyl sites for hydroxylation is 1. The number of pyridine rings is 1. The zero-order chi connectivity index (χ0) is 15.6. The van der Waals surface area contributed by atoms with E-state index < -0.39 is 5.60 Å². The maximum absolute atomic E-state index is 12.0. The highest BCUT2D eigenvalue weighted by atomic mass is 16.6. The Labute approximate surface area is 125 Å². The molecule has 1 aromatic heterocycles. The van der Waals surface area contributed by atoms with E-state index in [1.165, 1.54) is 0 Å². The third-order valence-electron chi connectivity index (χ3n) is 3.32. The van der Waals surface area contributed by atoms with Crippen LogP contribution in [0.15, 0.2) is 12.3 Å². The second-order valence-corrected chi connectivity index (χ2v) is 6.27. The second kappa shape index (κ2) is 5.79. The summed E-state index contributed by atoms with van der Waals surface area (Å²) in [5.41, 5.74) is 6.69. The molecule has 116 valence electrons. The van der Waals surface area contributed by atoms with Gasteiger partial charge in [-0.05, 0) is 34.1 Å². The third-order valence-corrected chi connectivity index (χ3v) is 3.32. The first-order chi connectivity index (χ1) is 9.76. The molecule has 0 unspecified atom stereocenters. The minimum Gasteiger partial charge on any atom is -0.490 e. The van der Waals surface area contributed by atoms with Gasteiger partial charge < -0.3 is 20.1 Å². The van der Waals surface area contributed by atoms with Crippen molar-refractivity contribution in [2.24, 2.45) is 0 Å². The smallest absolute Gasteiger partial charge is 0.410 e. The quantitative estimate of drug-likeness (QED) is 0.925. The molecule has 1 amide bonds. The zero-order valence-electron chi connectivity index (χ0n) is 13.0. The molecule has 0 saturated carbocycles. The van der Waals surface area contributed by atoms with Crippen molar-refractivity contribution in [3.8, 4) is 5.75 Å². The van der Waals surface area contributed by atoms with E-state index in [1.807, 2.05) is 27.7 Å². The maximum atomic E-state index is 12.0. The molecule has 0 radical (unpaired) electrons. The van der Waals surface area contributed by atoms with Crippen LogP contribution in [0.4, 0.5) is 10.5 Å². The minimum absolute atomic E-state index is 0.0439. The van der Waals surface area contributed by atoms with E-state index in [-0.39, 0.29) is 12.1 Å². The molecule has 1 aliphatic heterocycles. The van der Waals surface area contributed by atoms with Gasteiger partial charge in [-0.2, -0.15) is 0 Å². The van der Waals surface area contributed by atoms with Crippen LogP contribution >= 0.6 is 0 Å². The lowest BCUT2D eigenvalue weighted by Crippen LogP contribution is -2.55. The summed E-state index contributed by atoms with van der Waals surface area (Å²) in [7, 11) is 0. The molecule has 21 heavy (non-hydrogen) atoms. The highest BCUT2D eigenvalue weighted by molar-refractivity contribution is 5.69. The topological polar surface area (TPSA) is 77.7 Å². The number of nitrogens with zero attached hydrogens (tertiary/aromatic N) is 2. The van der Waals surface area contributed by atoms with E-state index in [0.29, 0.717) is 24.6 Å². The van der Waals surface area contributed by atoms with E-state index in [2.05, 4.69) is 4.98 Å². The van der Waals surface area contributed by atoms with E-state index >= 15 is 0 Å². The molecular weight excluding hydrogens is 270 g/mol. The van der Waals surface area contributed by atoms with Crippen molar-refractivity contribution in [2.75, 3.05) is 18.9 Å². The Morgan fingerprint density at radius 3 is 2.76 bits per heavy atom. The number of aromatic nitrogens is 1. The number of amides is 1. The van der Waals surface area contributed by atoms with Gasteiger partial charge in [-0.25, -0.2) is 4.79 Å². The Kier molecular flexibility index (Phi) is 4.25. The lowest BCUT2D eigenvalue weighted by atomic mass is 10.1. The van der Waals surface area contributed by atoms with E-state index in [4.69, 9.17) is 15.2 Å². The van der Waals surface area contributed by atoms with Crippen LogP contribution < -0.4 is 10.5 Å². The monoisotopic (exact) mass is 293 g/mol. The fourth-order valence-electron chi connectivity index (χ4n) is 1.98. The summed E-state index contributed by atoms with van der Waals surface area (Å²) in [5, 5.41) is 0. The summed E-state index contributed by atoms with van der Waals surface area (Å²) in [6.07, 6.45) is 2.26. The van der Waals surface area contributed by atoms with Gasteiger partial charge in [-0.3, -0.25) is 4.98 Å². The molecule has 2 heterocycles. The number of hydrogen-bond donors (Lipinski definition) is 1. The van der Waals surface area contributed by atoms with Crippen molar-refractivity contribution < 1.29 is 14.3 Å². The average molecular weight is 293 g/mol. The highest BCUT2D eigenvalue weighted by Gasteiger charge is 2.35. The molecule has 6 nitrogen and oxygen atoms in total. The Morgan fingerprint density at radius 1 is 1.52 bits per heavy atom. The fraction of sp³-hybridized carbons (Fsp3) is 0.600. The number of carbonyl (C=O) groups is 1. The van der Waals surface area contributed by atoms with Crippen molar-refractivity contribution in [1.29, 1.82) is 0 Å². The molecule has 1 fully saturated rings. The Morgan fingerprint density at radius 2 is 2.24 bits per heavy atom. The van der Waals surface area contributed by atoms with Gasteiger partial charge in [0.05, 0.1) is 23.6 Å². The van der Waals surface area contributed by atoms with Crippen LogP contribution in [0.25, 0.3) is 0 Å². The Balaban J connectivity index is 1.86. The first-order valence-electron chi connectivity index (χ1n) is 7.11. The SMILES string of the molecule is Cc1ncc(OC[C@@H]2CCN2C(=O)OC(C)(C)C)cc1N. The maximum Gasteiger partial charge on any atom is 0.410 e. The average Bonchev–Trinajstić information content (AvgIpc) is 2.30. The van der Waals surface area contributed by atoms with Crippen LogP contribution in [0.5, 0.6) is 5.75 Å². The van der Waals surface area contributed by atoms with Crippen LogP contribution in [0.2, 0.25) is 0 Å². The van der Waals surface area contributed by atoms with Gasteiger partial charge in [-0.15, -0.1) is 0 Å². The van der Waals surface area contributed by atoms with Gasteiger partial charge in [0.25, 0.3) is 0 Å². The molecule has 2 N–H and O–H groups in total. The summed E-state index contributed by atoms with van der Waals surface area (Å²) in [5.74, 6) is 0.620. The lowest BCUT2D eigenvalue weighted by Gasteiger charge is -2.40. The molecule has 0 spiro atoms. The first kappa shape index (κ1) is 15.4. The Hall–Kier alpha value is -1.98. The number of anilines is 1. The van der Waals surface area contributed by atoms with Crippen molar-refractivity contribution in [3.63, 3.8) is 0 Å².